The van der Waals surface area contributed by atoms with Gasteiger partial charge in [0.25, 0.3) is 0 Å². The van der Waals surface area contributed by atoms with Crippen LogP contribution in [-0.2, 0) is 4.74 Å². The third-order valence-corrected chi connectivity index (χ3v) is 3.61. The van der Waals surface area contributed by atoms with E-state index in [1.54, 1.807) is 0 Å². The maximum Gasteiger partial charge on any atom is 0.181 e. The van der Waals surface area contributed by atoms with Crippen molar-refractivity contribution in [2.75, 3.05) is 12.3 Å². The number of hydrogen-bond acceptors (Lipinski definition) is 8. The molecule has 3 rings (SSSR count). The van der Waals surface area contributed by atoms with Gasteiger partial charge in [-0.1, -0.05) is 0 Å². The summed E-state index contributed by atoms with van der Waals surface area (Å²) < 4.78 is 7.07. The molecule has 0 aromatic carbocycles. The third-order valence-electron chi connectivity index (χ3n) is 3.31. The first kappa shape index (κ1) is 13.4. The minimum Gasteiger partial charge on any atom is -0.394 e. The van der Waals surface area contributed by atoms with E-state index in [-0.39, 0.29) is 10.6 Å². The molecule has 10 heteroatoms. The van der Waals surface area contributed by atoms with Gasteiger partial charge < -0.3 is 30.8 Å². The number of fused-ring (bicyclic) bond motifs is 1. The summed E-state index contributed by atoms with van der Waals surface area (Å²) in [6.07, 6.45) is -3.04. The minimum atomic E-state index is -1.24. The summed E-state index contributed by atoms with van der Waals surface area (Å²) in [5, 5.41) is 28.9. The van der Waals surface area contributed by atoms with Gasteiger partial charge in [-0.3, -0.25) is 4.57 Å². The smallest absolute Gasteiger partial charge is 0.181 e. The highest BCUT2D eigenvalue weighted by molar-refractivity contribution is 7.71. The second-order valence-corrected chi connectivity index (χ2v) is 4.87. The first-order chi connectivity index (χ1) is 9.54. The molecule has 0 saturated carbocycles. The van der Waals surface area contributed by atoms with E-state index in [1.807, 2.05) is 0 Å². The molecule has 108 valence electrons. The molecule has 1 saturated heterocycles. The lowest BCUT2D eigenvalue weighted by molar-refractivity contribution is -0.0517. The number of nitrogen functional groups attached to an aromatic ring is 1. The zero-order valence-electron chi connectivity index (χ0n) is 10.2. The molecule has 1 fully saturated rings. The fourth-order valence-corrected chi connectivity index (χ4v) is 2.58. The van der Waals surface area contributed by atoms with Crippen LogP contribution >= 0.6 is 12.2 Å². The van der Waals surface area contributed by atoms with Crippen molar-refractivity contribution in [3.8, 4) is 0 Å². The molecule has 20 heavy (non-hydrogen) atoms. The number of nitrogens with two attached hydrogens (primary N) is 1. The molecule has 3 heterocycles. The fraction of sp³-hybridized carbons (Fsp3) is 0.500. The Morgan fingerprint density at radius 2 is 2.15 bits per heavy atom. The standard InChI is InChI=1S/C10H13N5O4S/c11-7-4-8(13-2-12-7)15(10(20)14-4)9-6(18)5(17)3(1-16)19-9/h2-3,5-6,9,16-18H,1H2,(H,14,20)(H2,11,12,13)/t3-,5-,6+,9-/m1/s1. The highest BCUT2D eigenvalue weighted by Gasteiger charge is 2.44. The summed E-state index contributed by atoms with van der Waals surface area (Å²) in [5.74, 6) is 0.214. The van der Waals surface area contributed by atoms with Gasteiger partial charge in [0.15, 0.2) is 22.5 Å². The van der Waals surface area contributed by atoms with Gasteiger partial charge in [-0.05, 0) is 12.2 Å². The maximum absolute atomic E-state index is 10.0. The van der Waals surface area contributed by atoms with Gasteiger partial charge in [-0.25, -0.2) is 9.97 Å². The van der Waals surface area contributed by atoms with Gasteiger partial charge >= 0.3 is 0 Å². The van der Waals surface area contributed by atoms with E-state index in [0.717, 1.165) is 0 Å². The lowest BCUT2D eigenvalue weighted by atomic mass is 10.1. The van der Waals surface area contributed by atoms with E-state index in [4.69, 9.17) is 27.8 Å². The van der Waals surface area contributed by atoms with E-state index >= 15 is 0 Å². The number of nitrogens with zero attached hydrogens (tertiary/aromatic N) is 3. The Bertz CT molecular complexity index is 701. The molecular weight excluding hydrogens is 286 g/mol. The Balaban J connectivity index is 2.14. The fourth-order valence-electron chi connectivity index (χ4n) is 2.28. The van der Waals surface area contributed by atoms with Crippen molar-refractivity contribution < 1.29 is 20.1 Å². The predicted octanol–water partition coefficient (Wildman–Crippen LogP) is -1.32. The number of imidazole rings is 1. The SMILES string of the molecule is Nc1ncnc2c1[nH]c(=S)n2[C@@H]1O[C@H](CO)[C@@H](O)[C@@H]1O. The lowest BCUT2D eigenvalue weighted by Crippen LogP contribution is -2.33. The number of rotatable bonds is 2. The number of hydrogen-bond donors (Lipinski definition) is 5. The second-order valence-electron chi connectivity index (χ2n) is 4.49. The van der Waals surface area contributed by atoms with E-state index in [9.17, 15) is 10.2 Å². The van der Waals surface area contributed by atoms with E-state index < -0.39 is 31.1 Å². The number of aliphatic hydroxyl groups excluding tert-OH is 3. The Kier molecular flexibility index (Phi) is 3.18. The second kappa shape index (κ2) is 4.75. The molecule has 6 N–H and O–H groups in total. The minimum absolute atomic E-state index is 0.214. The number of aromatic amines is 1. The zero-order valence-corrected chi connectivity index (χ0v) is 11.0. The molecule has 0 aliphatic carbocycles. The zero-order chi connectivity index (χ0) is 14.4. The summed E-state index contributed by atoms with van der Waals surface area (Å²) in [5.41, 5.74) is 6.50. The van der Waals surface area contributed by atoms with Gasteiger partial charge in [0.2, 0.25) is 0 Å². The van der Waals surface area contributed by atoms with Crippen LogP contribution in [0.1, 0.15) is 6.23 Å². The average Bonchev–Trinajstić information content (AvgIpc) is 2.90. The average molecular weight is 299 g/mol. The lowest BCUT2D eigenvalue weighted by Gasteiger charge is -2.16. The Hall–Kier alpha value is -1.59. The van der Waals surface area contributed by atoms with Gasteiger partial charge in [-0.15, -0.1) is 0 Å². The number of aliphatic hydroxyl groups is 3. The van der Waals surface area contributed by atoms with Crippen molar-refractivity contribution >= 4 is 29.2 Å². The molecule has 2 aromatic heterocycles. The molecule has 4 atom stereocenters. The highest BCUT2D eigenvalue weighted by Crippen LogP contribution is 2.32. The van der Waals surface area contributed by atoms with Gasteiger partial charge in [0, 0.05) is 0 Å². The third kappa shape index (κ3) is 1.81. The molecule has 0 amide bonds. The normalized spacial score (nSPS) is 30.1. The molecule has 1 aliphatic rings. The summed E-state index contributed by atoms with van der Waals surface area (Å²) in [4.78, 5) is 10.7. The van der Waals surface area contributed by atoms with Crippen molar-refractivity contribution in [1.82, 2.24) is 19.5 Å². The van der Waals surface area contributed by atoms with Crippen molar-refractivity contribution in [1.29, 1.82) is 0 Å². The highest BCUT2D eigenvalue weighted by atomic mass is 32.1. The van der Waals surface area contributed by atoms with E-state index in [0.29, 0.717) is 11.2 Å². The van der Waals surface area contributed by atoms with Crippen LogP contribution in [0.4, 0.5) is 5.82 Å². The van der Waals surface area contributed by atoms with Crippen LogP contribution in [0.15, 0.2) is 6.33 Å². The summed E-state index contributed by atoms with van der Waals surface area (Å²) >= 11 is 5.16. The van der Waals surface area contributed by atoms with Gasteiger partial charge in [0.05, 0.1) is 6.61 Å². The van der Waals surface area contributed by atoms with Crippen LogP contribution in [0, 0.1) is 4.77 Å². The predicted molar refractivity (Wildman–Crippen MR) is 70.1 cm³/mol. The van der Waals surface area contributed by atoms with Crippen molar-refractivity contribution in [2.45, 2.75) is 24.5 Å². The van der Waals surface area contributed by atoms with Crippen LogP contribution in [0.25, 0.3) is 11.2 Å². The molecule has 0 bridgehead atoms. The van der Waals surface area contributed by atoms with Crippen LogP contribution in [0.2, 0.25) is 0 Å². The van der Waals surface area contributed by atoms with Crippen LogP contribution in [0.5, 0.6) is 0 Å². The van der Waals surface area contributed by atoms with Crippen LogP contribution in [-0.4, -0.2) is 59.8 Å². The monoisotopic (exact) mass is 299 g/mol. The van der Waals surface area contributed by atoms with Gasteiger partial charge in [0.1, 0.15) is 30.2 Å². The van der Waals surface area contributed by atoms with E-state index in [1.165, 1.54) is 10.9 Å². The summed E-state index contributed by atoms with van der Waals surface area (Å²) in [6, 6.07) is 0. The number of aromatic nitrogens is 4. The summed E-state index contributed by atoms with van der Waals surface area (Å²) in [7, 11) is 0. The van der Waals surface area contributed by atoms with Crippen LogP contribution in [0.3, 0.4) is 0 Å². The molecule has 0 spiro atoms. The first-order valence-electron chi connectivity index (χ1n) is 5.87. The Morgan fingerprint density at radius 1 is 1.40 bits per heavy atom. The van der Waals surface area contributed by atoms with Crippen LogP contribution < -0.4 is 5.73 Å². The molecule has 0 radical (unpaired) electrons. The largest absolute Gasteiger partial charge is 0.394 e. The Morgan fingerprint density at radius 3 is 2.80 bits per heavy atom. The summed E-state index contributed by atoms with van der Waals surface area (Å²) in [6.45, 7) is -0.415. The molecule has 2 aromatic rings. The maximum atomic E-state index is 10.0. The molecule has 0 unspecified atom stereocenters. The number of nitrogens with one attached hydrogen (secondary N) is 1. The number of H-pyrrole nitrogens is 1. The molecule has 1 aliphatic heterocycles. The Labute approximate surface area is 117 Å². The topological polar surface area (TPSA) is 142 Å². The first-order valence-corrected chi connectivity index (χ1v) is 6.28. The molecular formula is C10H13N5O4S. The van der Waals surface area contributed by atoms with Crippen molar-refractivity contribution in [2.24, 2.45) is 0 Å². The van der Waals surface area contributed by atoms with Crippen molar-refractivity contribution in [3.63, 3.8) is 0 Å². The number of anilines is 1. The van der Waals surface area contributed by atoms with Crippen molar-refractivity contribution in [3.05, 3.63) is 11.1 Å². The van der Waals surface area contributed by atoms with Gasteiger partial charge in [-0.2, -0.15) is 0 Å². The number of ether oxygens (including phenoxy) is 1. The quantitative estimate of drug-likeness (QED) is 0.430. The van der Waals surface area contributed by atoms with E-state index in [2.05, 4.69) is 15.0 Å². The molecule has 9 nitrogen and oxygen atoms in total.